The molecule has 0 aliphatic heterocycles. The second kappa shape index (κ2) is 6.70. The number of hydrogen-bond donors (Lipinski definition) is 2. The Morgan fingerprint density at radius 1 is 1.10 bits per heavy atom. The first-order valence-corrected chi connectivity index (χ1v) is 7.40. The van der Waals surface area contributed by atoms with Crippen molar-refractivity contribution in [3.63, 3.8) is 0 Å². The summed E-state index contributed by atoms with van der Waals surface area (Å²) in [6.07, 6.45) is 0.855. The maximum absolute atomic E-state index is 5.79. The second-order valence-corrected chi connectivity index (χ2v) is 6.91. The van der Waals surface area contributed by atoms with Crippen LogP contribution in [0.4, 0.5) is 0 Å². The Morgan fingerprint density at radius 2 is 1.65 bits per heavy atom. The molecule has 3 heteroatoms. The van der Waals surface area contributed by atoms with Crippen molar-refractivity contribution in [3.8, 4) is 0 Å². The van der Waals surface area contributed by atoms with Crippen LogP contribution in [0.1, 0.15) is 52.7 Å². The van der Waals surface area contributed by atoms with Gasteiger partial charge < -0.3 is 4.74 Å². The average molecular weight is 278 g/mol. The van der Waals surface area contributed by atoms with Crippen LogP contribution in [-0.4, -0.2) is 18.2 Å². The van der Waals surface area contributed by atoms with Gasteiger partial charge in [-0.2, -0.15) is 0 Å². The molecule has 0 aliphatic rings. The fraction of sp³-hybridized carbons (Fsp3) is 0.647. The van der Waals surface area contributed by atoms with Gasteiger partial charge in [0.2, 0.25) is 0 Å². The monoisotopic (exact) mass is 278 g/mol. The van der Waals surface area contributed by atoms with Crippen molar-refractivity contribution in [2.45, 2.75) is 65.0 Å². The van der Waals surface area contributed by atoms with E-state index in [1.54, 1.807) is 0 Å². The highest BCUT2D eigenvalue weighted by molar-refractivity contribution is 5.28. The largest absolute Gasteiger partial charge is 0.374 e. The molecule has 3 nitrogen and oxygen atoms in total. The summed E-state index contributed by atoms with van der Waals surface area (Å²) in [7, 11) is 0. The Balaban J connectivity index is 2.81. The highest BCUT2D eigenvalue weighted by atomic mass is 16.5. The number of hydrazine groups is 1. The molecular weight excluding hydrogens is 248 g/mol. The molecule has 0 radical (unpaired) electrons. The molecule has 0 spiro atoms. The lowest BCUT2D eigenvalue weighted by molar-refractivity contribution is -0.0380. The van der Waals surface area contributed by atoms with Crippen LogP contribution in [0.15, 0.2) is 24.3 Å². The third-order valence-electron chi connectivity index (χ3n) is 3.82. The SMILES string of the molecule is CCOC(C)(C)C(Cc1ccc(C(C)(C)C)cc1)NN. The van der Waals surface area contributed by atoms with Gasteiger partial charge in [0.05, 0.1) is 11.6 Å². The standard InChI is InChI=1S/C17H30N2O/c1-7-20-17(5,6)15(19-18)12-13-8-10-14(11-9-13)16(2,3)4/h8-11,15,19H,7,12,18H2,1-6H3. The number of ether oxygens (including phenoxy) is 1. The molecule has 0 bridgehead atoms. The first-order valence-electron chi connectivity index (χ1n) is 7.40. The third kappa shape index (κ3) is 4.58. The molecule has 0 amide bonds. The number of nitrogens with one attached hydrogen (secondary N) is 1. The van der Waals surface area contributed by atoms with E-state index in [4.69, 9.17) is 10.6 Å². The average Bonchev–Trinajstić information content (AvgIpc) is 2.35. The summed E-state index contributed by atoms with van der Waals surface area (Å²) in [5, 5.41) is 0. The molecule has 20 heavy (non-hydrogen) atoms. The Kier molecular flexibility index (Phi) is 5.75. The van der Waals surface area contributed by atoms with Crippen LogP contribution >= 0.6 is 0 Å². The molecule has 1 aromatic carbocycles. The highest BCUT2D eigenvalue weighted by Crippen LogP contribution is 2.24. The predicted molar refractivity (Wildman–Crippen MR) is 85.7 cm³/mol. The third-order valence-corrected chi connectivity index (χ3v) is 3.82. The maximum atomic E-state index is 5.79. The van der Waals surface area contributed by atoms with E-state index in [1.165, 1.54) is 11.1 Å². The number of rotatable bonds is 6. The predicted octanol–water partition coefficient (Wildman–Crippen LogP) is 3.17. The van der Waals surface area contributed by atoms with Gasteiger partial charge in [-0.15, -0.1) is 0 Å². The summed E-state index contributed by atoms with van der Waals surface area (Å²) in [5.41, 5.74) is 5.42. The van der Waals surface area contributed by atoms with Gasteiger partial charge in [0.15, 0.2) is 0 Å². The van der Waals surface area contributed by atoms with Gasteiger partial charge in [0.1, 0.15) is 0 Å². The van der Waals surface area contributed by atoms with E-state index < -0.39 is 0 Å². The van der Waals surface area contributed by atoms with Gasteiger partial charge in [0, 0.05) is 6.61 Å². The zero-order valence-corrected chi connectivity index (χ0v) is 13.8. The van der Waals surface area contributed by atoms with Crippen LogP contribution < -0.4 is 11.3 Å². The van der Waals surface area contributed by atoms with Crippen molar-refractivity contribution in [1.82, 2.24) is 5.43 Å². The van der Waals surface area contributed by atoms with E-state index in [9.17, 15) is 0 Å². The van der Waals surface area contributed by atoms with Crippen molar-refractivity contribution in [3.05, 3.63) is 35.4 Å². The van der Waals surface area contributed by atoms with Gasteiger partial charge in [-0.05, 0) is 43.7 Å². The number of nitrogens with two attached hydrogens (primary N) is 1. The molecule has 3 N–H and O–H groups in total. The summed E-state index contributed by atoms with van der Waals surface area (Å²) >= 11 is 0. The van der Waals surface area contributed by atoms with Gasteiger partial charge >= 0.3 is 0 Å². The van der Waals surface area contributed by atoms with Crippen LogP contribution in [0, 0.1) is 0 Å². The minimum atomic E-state index is -0.286. The molecule has 1 unspecified atom stereocenters. The molecule has 1 rings (SSSR count). The van der Waals surface area contributed by atoms with Crippen LogP contribution in [0.2, 0.25) is 0 Å². The molecule has 0 fully saturated rings. The van der Waals surface area contributed by atoms with E-state index in [0.717, 1.165) is 6.42 Å². The normalized spacial score (nSPS) is 14.3. The summed E-state index contributed by atoms with van der Waals surface area (Å²) in [6, 6.07) is 8.87. The second-order valence-electron chi connectivity index (χ2n) is 6.91. The topological polar surface area (TPSA) is 47.3 Å². The molecule has 1 aromatic rings. The Labute approximate surface area is 123 Å². The van der Waals surface area contributed by atoms with Crippen molar-refractivity contribution in [2.75, 3.05) is 6.61 Å². The minimum Gasteiger partial charge on any atom is -0.374 e. The number of hydrogen-bond acceptors (Lipinski definition) is 3. The minimum absolute atomic E-state index is 0.0861. The first-order chi connectivity index (χ1) is 9.20. The lowest BCUT2D eigenvalue weighted by Crippen LogP contribution is -2.52. The van der Waals surface area contributed by atoms with Gasteiger partial charge in [-0.1, -0.05) is 45.0 Å². The molecular formula is C17H30N2O. The van der Waals surface area contributed by atoms with Crippen molar-refractivity contribution >= 4 is 0 Å². The van der Waals surface area contributed by atoms with E-state index in [2.05, 4.69) is 64.3 Å². The lowest BCUT2D eigenvalue weighted by Gasteiger charge is -2.34. The summed E-state index contributed by atoms with van der Waals surface area (Å²) < 4.78 is 5.79. The van der Waals surface area contributed by atoms with E-state index in [0.29, 0.717) is 6.61 Å². The Morgan fingerprint density at radius 3 is 2.05 bits per heavy atom. The Hall–Kier alpha value is -0.900. The van der Waals surface area contributed by atoms with Crippen LogP contribution in [0.25, 0.3) is 0 Å². The van der Waals surface area contributed by atoms with E-state index in [1.807, 2.05) is 6.92 Å². The van der Waals surface area contributed by atoms with Crippen molar-refractivity contribution in [1.29, 1.82) is 0 Å². The smallest absolute Gasteiger partial charge is 0.0795 e. The Bertz CT molecular complexity index is 404. The fourth-order valence-corrected chi connectivity index (χ4v) is 2.35. The lowest BCUT2D eigenvalue weighted by atomic mass is 9.85. The molecule has 1 atom stereocenters. The van der Waals surface area contributed by atoms with E-state index in [-0.39, 0.29) is 17.1 Å². The maximum Gasteiger partial charge on any atom is 0.0795 e. The molecule has 0 saturated carbocycles. The quantitative estimate of drug-likeness (QED) is 0.620. The molecule has 0 heterocycles. The zero-order valence-electron chi connectivity index (χ0n) is 13.8. The molecule has 0 aliphatic carbocycles. The number of benzene rings is 1. The van der Waals surface area contributed by atoms with Crippen LogP contribution in [-0.2, 0) is 16.6 Å². The van der Waals surface area contributed by atoms with Gasteiger partial charge in [-0.3, -0.25) is 11.3 Å². The summed E-state index contributed by atoms with van der Waals surface area (Å²) in [5.74, 6) is 5.71. The summed E-state index contributed by atoms with van der Waals surface area (Å²) in [4.78, 5) is 0. The van der Waals surface area contributed by atoms with Crippen LogP contribution in [0.5, 0.6) is 0 Å². The van der Waals surface area contributed by atoms with Crippen LogP contribution in [0.3, 0.4) is 0 Å². The molecule has 0 aromatic heterocycles. The summed E-state index contributed by atoms with van der Waals surface area (Å²) in [6.45, 7) is 13.5. The molecule has 0 saturated heterocycles. The van der Waals surface area contributed by atoms with Crippen molar-refractivity contribution in [2.24, 2.45) is 5.84 Å². The fourth-order valence-electron chi connectivity index (χ4n) is 2.35. The zero-order chi connectivity index (χ0) is 15.4. The molecule has 114 valence electrons. The van der Waals surface area contributed by atoms with E-state index >= 15 is 0 Å². The first kappa shape index (κ1) is 17.2. The van der Waals surface area contributed by atoms with Crippen molar-refractivity contribution < 1.29 is 4.74 Å². The highest BCUT2D eigenvalue weighted by Gasteiger charge is 2.29. The van der Waals surface area contributed by atoms with Gasteiger partial charge in [0.25, 0.3) is 0 Å². The van der Waals surface area contributed by atoms with Gasteiger partial charge in [-0.25, -0.2) is 0 Å².